The van der Waals surface area contributed by atoms with E-state index in [1.54, 1.807) is 22.8 Å². The van der Waals surface area contributed by atoms with E-state index in [1.807, 2.05) is 0 Å². The number of ether oxygens (including phenoxy) is 1. The minimum atomic E-state index is -0.133. The first-order valence-electron chi connectivity index (χ1n) is 9.03. The molecule has 3 heterocycles. The number of nitrogens with one attached hydrogen (secondary N) is 1. The van der Waals surface area contributed by atoms with E-state index in [4.69, 9.17) is 4.74 Å². The van der Waals surface area contributed by atoms with E-state index < -0.39 is 0 Å². The third-order valence-corrected chi connectivity index (χ3v) is 5.05. The zero-order valence-electron chi connectivity index (χ0n) is 14.6. The number of carbonyl (C=O) groups excluding carboxylic acids is 1. The summed E-state index contributed by atoms with van der Waals surface area (Å²) in [7, 11) is 1.78. The van der Waals surface area contributed by atoms with Crippen LogP contribution in [0.3, 0.4) is 0 Å². The Morgan fingerprint density at radius 3 is 3.12 bits per heavy atom. The Balaban J connectivity index is 1.40. The predicted molar refractivity (Wildman–Crippen MR) is 90.0 cm³/mol. The standard InChI is InChI=1S/C17H24N6O2/c1-22(10-15-13-6-2-3-7-14(13)18-19-15)17(24)16-11-23(21-20-16)9-12-5-4-8-25-12/h11-12H,2-10H2,1H3,(H,18,19)/t12-/m0/s1. The highest BCUT2D eigenvalue weighted by atomic mass is 16.5. The number of nitrogens with zero attached hydrogens (tertiary/aromatic N) is 5. The van der Waals surface area contributed by atoms with Crippen molar-refractivity contribution in [3.05, 3.63) is 28.8 Å². The molecule has 1 aliphatic heterocycles. The smallest absolute Gasteiger partial charge is 0.276 e. The van der Waals surface area contributed by atoms with E-state index in [9.17, 15) is 4.79 Å². The van der Waals surface area contributed by atoms with Gasteiger partial charge in [-0.3, -0.25) is 9.89 Å². The number of hydrogen-bond donors (Lipinski definition) is 1. The molecule has 8 heteroatoms. The van der Waals surface area contributed by atoms with Gasteiger partial charge in [0.25, 0.3) is 5.91 Å². The van der Waals surface area contributed by atoms with E-state index in [-0.39, 0.29) is 12.0 Å². The van der Waals surface area contributed by atoms with E-state index in [1.165, 1.54) is 24.1 Å². The topological polar surface area (TPSA) is 88.9 Å². The fraction of sp³-hybridized carbons (Fsp3) is 0.647. The summed E-state index contributed by atoms with van der Waals surface area (Å²) in [5.74, 6) is -0.133. The van der Waals surface area contributed by atoms with Gasteiger partial charge in [-0.1, -0.05) is 5.21 Å². The summed E-state index contributed by atoms with van der Waals surface area (Å²) in [6.07, 6.45) is 8.50. The molecule has 25 heavy (non-hydrogen) atoms. The van der Waals surface area contributed by atoms with E-state index in [0.29, 0.717) is 18.8 Å². The van der Waals surface area contributed by atoms with Crippen molar-refractivity contribution in [1.29, 1.82) is 0 Å². The number of hydrogen-bond acceptors (Lipinski definition) is 5. The van der Waals surface area contributed by atoms with Crippen molar-refractivity contribution in [2.75, 3.05) is 13.7 Å². The van der Waals surface area contributed by atoms with Crippen molar-refractivity contribution in [3.8, 4) is 0 Å². The van der Waals surface area contributed by atoms with Crippen LogP contribution >= 0.6 is 0 Å². The molecular formula is C17H24N6O2. The maximum absolute atomic E-state index is 12.6. The van der Waals surface area contributed by atoms with E-state index in [2.05, 4.69) is 20.5 Å². The zero-order chi connectivity index (χ0) is 17.2. The highest BCUT2D eigenvalue weighted by molar-refractivity contribution is 5.91. The van der Waals surface area contributed by atoms with Gasteiger partial charge >= 0.3 is 0 Å². The highest BCUT2D eigenvalue weighted by Gasteiger charge is 2.22. The molecule has 134 valence electrons. The van der Waals surface area contributed by atoms with Crippen LogP contribution in [0, 0.1) is 0 Å². The fourth-order valence-electron chi connectivity index (χ4n) is 3.65. The Labute approximate surface area is 146 Å². The molecule has 0 aromatic carbocycles. The average Bonchev–Trinajstić information content (AvgIpc) is 3.36. The van der Waals surface area contributed by atoms with Crippen LogP contribution in [0.4, 0.5) is 0 Å². The molecule has 1 fully saturated rings. The maximum atomic E-state index is 12.6. The van der Waals surface area contributed by atoms with Crippen LogP contribution < -0.4 is 0 Å². The highest BCUT2D eigenvalue weighted by Crippen LogP contribution is 2.23. The van der Waals surface area contributed by atoms with Gasteiger partial charge in [0.05, 0.1) is 31.1 Å². The lowest BCUT2D eigenvalue weighted by atomic mass is 9.96. The van der Waals surface area contributed by atoms with Crippen LogP contribution in [0.15, 0.2) is 6.20 Å². The number of carbonyl (C=O) groups is 1. The van der Waals surface area contributed by atoms with E-state index >= 15 is 0 Å². The average molecular weight is 344 g/mol. The Kier molecular flexibility index (Phi) is 4.52. The van der Waals surface area contributed by atoms with Crippen molar-refractivity contribution >= 4 is 5.91 Å². The number of aryl methyl sites for hydroxylation is 1. The SMILES string of the molecule is CN(Cc1n[nH]c2c1CCCC2)C(=O)c1cn(C[C@@H]2CCCO2)nn1. The van der Waals surface area contributed by atoms with Gasteiger partial charge in [-0.15, -0.1) is 5.10 Å². The predicted octanol–water partition coefficient (Wildman–Crippen LogP) is 1.33. The molecule has 0 radical (unpaired) electrons. The number of amides is 1. The van der Waals surface area contributed by atoms with Gasteiger partial charge in [0, 0.05) is 19.3 Å². The molecule has 1 atom stereocenters. The number of aromatic nitrogens is 5. The van der Waals surface area contributed by atoms with Crippen LogP contribution in [0.5, 0.6) is 0 Å². The summed E-state index contributed by atoms with van der Waals surface area (Å²) < 4.78 is 7.30. The molecule has 1 aliphatic carbocycles. The van der Waals surface area contributed by atoms with Crippen LogP contribution in [0.2, 0.25) is 0 Å². The fourth-order valence-corrected chi connectivity index (χ4v) is 3.65. The molecule has 2 aliphatic rings. The number of H-pyrrole nitrogens is 1. The molecule has 0 spiro atoms. The quantitative estimate of drug-likeness (QED) is 0.884. The molecule has 0 saturated carbocycles. The summed E-state index contributed by atoms with van der Waals surface area (Å²) in [6.45, 7) is 1.95. The van der Waals surface area contributed by atoms with Gasteiger partial charge in [0.1, 0.15) is 0 Å². The molecule has 1 N–H and O–H groups in total. The number of aromatic amines is 1. The molecule has 1 saturated heterocycles. The third-order valence-electron chi connectivity index (χ3n) is 5.05. The number of fused-ring (bicyclic) bond motifs is 1. The van der Waals surface area contributed by atoms with E-state index in [0.717, 1.165) is 38.0 Å². The molecule has 2 aromatic rings. The van der Waals surface area contributed by atoms with Crippen LogP contribution in [0.25, 0.3) is 0 Å². The molecule has 0 bridgehead atoms. The minimum absolute atomic E-state index is 0.133. The first-order chi connectivity index (χ1) is 12.2. The molecular weight excluding hydrogens is 320 g/mol. The summed E-state index contributed by atoms with van der Waals surface area (Å²) in [6, 6.07) is 0. The molecule has 8 nitrogen and oxygen atoms in total. The molecule has 2 aromatic heterocycles. The second-order valence-corrected chi connectivity index (χ2v) is 6.96. The normalized spacial score (nSPS) is 19.8. The summed E-state index contributed by atoms with van der Waals surface area (Å²) in [5, 5.41) is 15.6. The molecule has 0 unspecified atom stereocenters. The van der Waals surface area contributed by atoms with Crippen LogP contribution in [-0.4, -0.2) is 55.8 Å². The van der Waals surface area contributed by atoms with Crippen molar-refractivity contribution in [1.82, 2.24) is 30.1 Å². The van der Waals surface area contributed by atoms with Gasteiger partial charge in [-0.05, 0) is 44.1 Å². The van der Waals surface area contributed by atoms with Crippen molar-refractivity contribution in [3.63, 3.8) is 0 Å². The number of rotatable bonds is 5. The molecule has 1 amide bonds. The Morgan fingerprint density at radius 2 is 2.28 bits per heavy atom. The minimum Gasteiger partial charge on any atom is -0.376 e. The molecule has 4 rings (SSSR count). The summed E-state index contributed by atoms with van der Waals surface area (Å²) >= 11 is 0. The first-order valence-corrected chi connectivity index (χ1v) is 9.03. The zero-order valence-corrected chi connectivity index (χ0v) is 14.6. The second kappa shape index (κ2) is 6.95. The summed E-state index contributed by atoms with van der Waals surface area (Å²) in [4.78, 5) is 14.3. The van der Waals surface area contributed by atoms with Gasteiger partial charge in [0.15, 0.2) is 5.69 Å². The first kappa shape index (κ1) is 16.3. The monoisotopic (exact) mass is 344 g/mol. The van der Waals surface area contributed by atoms with Crippen LogP contribution in [0.1, 0.15) is 53.1 Å². The van der Waals surface area contributed by atoms with Crippen molar-refractivity contribution in [2.45, 2.75) is 57.7 Å². The van der Waals surface area contributed by atoms with Crippen molar-refractivity contribution < 1.29 is 9.53 Å². The Morgan fingerprint density at radius 1 is 1.40 bits per heavy atom. The van der Waals surface area contributed by atoms with Crippen LogP contribution in [-0.2, 0) is 30.7 Å². The lowest BCUT2D eigenvalue weighted by Crippen LogP contribution is -2.27. The largest absolute Gasteiger partial charge is 0.376 e. The summed E-state index contributed by atoms with van der Waals surface area (Å²) in [5.41, 5.74) is 3.85. The third kappa shape index (κ3) is 3.44. The van der Waals surface area contributed by atoms with Gasteiger partial charge < -0.3 is 9.64 Å². The Bertz CT molecular complexity index is 746. The van der Waals surface area contributed by atoms with Gasteiger partial charge in [-0.25, -0.2) is 4.68 Å². The lowest BCUT2D eigenvalue weighted by Gasteiger charge is -2.16. The second-order valence-electron chi connectivity index (χ2n) is 6.96. The Hall–Kier alpha value is -2.22. The van der Waals surface area contributed by atoms with Crippen molar-refractivity contribution in [2.24, 2.45) is 0 Å². The van der Waals surface area contributed by atoms with Gasteiger partial charge in [-0.2, -0.15) is 5.10 Å². The maximum Gasteiger partial charge on any atom is 0.276 e. The lowest BCUT2D eigenvalue weighted by molar-refractivity contribution is 0.0776. The van der Waals surface area contributed by atoms with Gasteiger partial charge in [0.2, 0.25) is 0 Å².